The van der Waals surface area contributed by atoms with Crippen LogP contribution in [0.5, 0.6) is 11.5 Å². The van der Waals surface area contributed by atoms with Gasteiger partial charge in [-0.05, 0) is 87.3 Å². The molecule has 1 heterocycles. The van der Waals surface area contributed by atoms with Gasteiger partial charge in [-0.2, -0.15) is 0 Å². The van der Waals surface area contributed by atoms with Gasteiger partial charge in [0, 0.05) is 18.4 Å². The molecule has 4 saturated carbocycles. The fraction of sp³-hybridized carbons (Fsp3) is 0.680. The van der Waals surface area contributed by atoms with Gasteiger partial charge in [0.25, 0.3) is 0 Å². The van der Waals surface area contributed by atoms with Crippen molar-refractivity contribution < 1.29 is 19.1 Å². The number of rotatable bonds is 7. The van der Waals surface area contributed by atoms with Crippen LogP contribution in [0.2, 0.25) is 0 Å². The average molecular weight is 427 g/mol. The molecule has 2 N–H and O–H groups in total. The maximum absolute atomic E-state index is 13.0. The monoisotopic (exact) mass is 426 g/mol. The first-order valence-corrected chi connectivity index (χ1v) is 12.0. The second-order valence-electron chi connectivity index (χ2n) is 10.2. The van der Waals surface area contributed by atoms with E-state index in [1.54, 1.807) is 0 Å². The van der Waals surface area contributed by atoms with E-state index in [0.717, 1.165) is 54.1 Å². The zero-order valence-electron chi connectivity index (χ0n) is 18.5. The summed E-state index contributed by atoms with van der Waals surface area (Å²) in [5, 5.41) is 6.22. The van der Waals surface area contributed by atoms with Gasteiger partial charge in [-0.15, -0.1) is 0 Å². The zero-order valence-corrected chi connectivity index (χ0v) is 18.5. The highest BCUT2D eigenvalue weighted by Gasteiger charge is 2.54. The molecule has 1 aromatic carbocycles. The highest BCUT2D eigenvalue weighted by Crippen LogP contribution is 2.60. The Morgan fingerprint density at radius 2 is 1.68 bits per heavy atom. The maximum atomic E-state index is 13.0. The summed E-state index contributed by atoms with van der Waals surface area (Å²) in [5.74, 6) is 4.04. The van der Waals surface area contributed by atoms with Crippen molar-refractivity contribution in [3.63, 3.8) is 0 Å². The van der Waals surface area contributed by atoms with Crippen LogP contribution in [0.15, 0.2) is 18.2 Å². The number of ether oxygens (including phenoxy) is 2. The summed E-state index contributed by atoms with van der Waals surface area (Å²) in [6, 6.07) is 5.69. The minimum atomic E-state index is -0.107. The number of hydrogen-bond acceptors (Lipinski definition) is 4. The van der Waals surface area contributed by atoms with Gasteiger partial charge in [-0.3, -0.25) is 9.59 Å². The standard InChI is InChI=1S/C25H34N2O4/c1-16(20-4-5-21-22(12-20)31-8-7-30-21)27-23(28)3-2-6-26-24(29)25-13-17-9-18(14-25)11-19(10-17)15-25/h4-5,12,16-19H,2-3,6-11,13-15H2,1H3,(H,26,29)(H,27,28). The summed E-state index contributed by atoms with van der Waals surface area (Å²) >= 11 is 0. The van der Waals surface area contributed by atoms with E-state index in [4.69, 9.17) is 9.47 Å². The van der Waals surface area contributed by atoms with Gasteiger partial charge in [-0.1, -0.05) is 6.07 Å². The van der Waals surface area contributed by atoms with Crippen molar-refractivity contribution in [1.29, 1.82) is 0 Å². The second-order valence-corrected chi connectivity index (χ2v) is 10.2. The normalized spacial score (nSPS) is 31.2. The minimum Gasteiger partial charge on any atom is -0.486 e. The number of fused-ring (bicyclic) bond motifs is 1. The highest BCUT2D eigenvalue weighted by atomic mass is 16.6. The summed E-state index contributed by atoms with van der Waals surface area (Å²) in [5.41, 5.74) is 0.886. The molecule has 1 unspecified atom stereocenters. The molecule has 6 heteroatoms. The molecular weight excluding hydrogens is 392 g/mol. The lowest BCUT2D eigenvalue weighted by atomic mass is 9.49. The number of benzene rings is 1. The van der Waals surface area contributed by atoms with Gasteiger partial charge in [-0.25, -0.2) is 0 Å². The Bertz CT molecular complexity index is 817. The summed E-state index contributed by atoms with van der Waals surface area (Å²) in [6.45, 7) is 3.66. The summed E-state index contributed by atoms with van der Waals surface area (Å²) in [4.78, 5) is 25.4. The third-order valence-corrected chi connectivity index (χ3v) is 7.83. The number of nitrogens with one attached hydrogen (secondary N) is 2. The van der Waals surface area contributed by atoms with E-state index in [0.29, 0.717) is 32.6 Å². The summed E-state index contributed by atoms with van der Waals surface area (Å²) in [7, 11) is 0. The molecule has 5 aliphatic rings. The molecule has 1 aromatic rings. The molecule has 4 bridgehead atoms. The van der Waals surface area contributed by atoms with Crippen LogP contribution in [-0.2, 0) is 9.59 Å². The van der Waals surface area contributed by atoms with Gasteiger partial charge >= 0.3 is 0 Å². The van der Waals surface area contributed by atoms with Crippen LogP contribution in [0.3, 0.4) is 0 Å². The van der Waals surface area contributed by atoms with E-state index in [9.17, 15) is 9.59 Å². The van der Waals surface area contributed by atoms with Crippen molar-refractivity contribution in [1.82, 2.24) is 10.6 Å². The molecular formula is C25H34N2O4. The summed E-state index contributed by atoms with van der Waals surface area (Å²) in [6.07, 6.45) is 8.35. The van der Waals surface area contributed by atoms with Gasteiger partial charge in [0.2, 0.25) is 11.8 Å². The highest BCUT2D eigenvalue weighted by molar-refractivity contribution is 5.83. The quantitative estimate of drug-likeness (QED) is 0.651. The van der Waals surface area contributed by atoms with Crippen molar-refractivity contribution in [2.45, 2.75) is 64.3 Å². The average Bonchev–Trinajstić information content (AvgIpc) is 2.75. The zero-order chi connectivity index (χ0) is 21.4. The van der Waals surface area contributed by atoms with E-state index in [2.05, 4.69) is 10.6 Å². The molecule has 4 aliphatic carbocycles. The van der Waals surface area contributed by atoms with E-state index < -0.39 is 0 Å². The Kier molecular flexibility index (Phi) is 5.57. The Balaban J connectivity index is 1.06. The fourth-order valence-corrected chi connectivity index (χ4v) is 6.75. The van der Waals surface area contributed by atoms with Crippen LogP contribution in [0.25, 0.3) is 0 Å². The Labute approximate surface area is 184 Å². The fourth-order valence-electron chi connectivity index (χ4n) is 6.75. The van der Waals surface area contributed by atoms with Crippen LogP contribution >= 0.6 is 0 Å². The molecule has 6 rings (SSSR count). The van der Waals surface area contributed by atoms with Crippen LogP contribution in [0.1, 0.15) is 69.9 Å². The van der Waals surface area contributed by atoms with Crippen LogP contribution < -0.4 is 20.1 Å². The molecule has 0 saturated heterocycles. The molecule has 0 radical (unpaired) electrons. The van der Waals surface area contributed by atoms with Crippen molar-refractivity contribution in [2.75, 3.05) is 19.8 Å². The Hall–Kier alpha value is -2.24. The van der Waals surface area contributed by atoms with E-state index >= 15 is 0 Å². The number of hydrogen-bond donors (Lipinski definition) is 2. The topological polar surface area (TPSA) is 76.7 Å². The Morgan fingerprint density at radius 1 is 1.03 bits per heavy atom. The molecule has 0 aromatic heterocycles. The maximum Gasteiger partial charge on any atom is 0.226 e. The van der Waals surface area contributed by atoms with Gasteiger partial charge in [0.15, 0.2) is 11.5 Å². The largest absolute Gasteiger partial charge is 0.486 e. The van der Waals surface area contributed by atoms with Crippen molar-refractivity contribution in [3.05, 3.63) is 23.8 Å². The molecule has 2 amide bonds. The first kappa shape index (κ1) is 20.7. The lowest BCUT2D eigenvalue weighted by molar-refractivity contribution is -0.146. The molecule has 0 spiro atoms. The predicted molar refractivity (Wildman–Crippen MR) is 117 cm³/mol. The predicted octanol–water partition coefficient (Wildman–Crippen LogP) is 3.75. The first-order chi connectivity index (χ1) is 15.0. The van der Waals surface area contributed by atoms with Crippen LogP contribution in [-0.4, -0.2) is 31.6 Å². The van der Waals surface area contributed by atoms with Crippen molar-refractivity contribution >= 4 is 11.8 Å². The lowest BCUT2D eigenvalue weighted by Crippen LogP contribution is -2.53. The molecule has 1 atom stereocenters. The van der Waals surface area contributed by atoms with E-state index in [-0.39, 0.29) is 23.3 Å². The molecule has 31 heavy (non-hydrogen) atoms. The smallest absolute Gasteiger partial charge is 0.226 e. The SMILES string of the molecule is CC(NC(=O)CCCNC(=O)C12CC3CC(CC(C3)C1)C2)c1ccc2c(c1)OCCO2. The van der Waals surface area contributed by atoms with E-state index in [1.807, 2.05) is 25.1 Å². The third kappa shape index (κ3) is 4.26. The Morgan fingerprint density at radius 3 is 2.35 bits per heavy atom. The number of carbonyl (C=O) groups is 2. The second kappa shape index (κ2) is 8.36. The molecule has 168 valence electrons. The van der Waals surface area contributed by atoms with Crippen molar-refractivity contribution in [3.8, 4) is 11.5 Å². The number of carbonyl (C=O) groups excluding carboxylic acids is 2. The van der Waals surface area contributed by atoms with E-state index in [1.165, 1.54) is 19.3 Å². The van der Waals surface area contributed by atoms with Gasteiger partial charge < -0.3 is 20.1 Å². The van der Waals surface area contributed by atoms with Gasteiger partial charge in [0.1, 0.15) is 13.2 Å². The van der Waals surface area contributed by atoms with Crippen LogP contribution in [0.4, 0.5) is 0 Å². The summed E-state index contributed by atoms with van der Waals surface area (Å²) < 4.78 is 11.2. The first-order valence-electron chi connectivity index (χ1n) is 12.0. The van der Waals surface area contributed by atoms with Gasteiger partial charge in [0.05, 0.1) is 6.04 Å². The molecule has 4 fully saturated rings. The molecule has 1 aliphatic heterocycles. The third-order valence-electron chi connectivity index (χ3n) is 7.83. The van der Waals surface area contributed by atoms with Crippen molar-refractivity contribution in [2.24, 2.45) is 23.2 Å². The minimum absolute atomic E-state index is 0.00597. The van der Waals surface area contributed by atoms with Crippen LogP contribution in [0, 0.1) is 23.2 Å². The lowest BCUT2D eigenvalue weighted by Gasteiger charge is -2.55. The number of amides is 2. The molecule has 6 nitrogen and oxygen atoms in total.